The Bertz CT molecular complexity index is 803. The molecular weight excluding hydrogens is 336 g/mol. The van der Waals surface area contributed by atoms with E-state index in [2.05, 4.69) is 79.5 Å². The molecule has 0 aromatic heterocycles. The lowest BCUT2D eigenvalue weighted by atomic mass is 9.73. The van der Waals surface area contributed by atoms with Crippen LogP contribution in [0, 0.1) is 5.41 Å². The van der Waals surface area contributed by atoms with Crippen LogP contribution >= 0.6 is 11.8 Å². The summed E-state index contributed by atoms with van der Waals surface area (Å²) in [6.45, 7) is 5.26. The van der Waals surface area contributed by atoms with Crippen LogP contribution < -0.4 is 5.32 Å². The van der Waals surface area contributed by atoms with Crippen LogP contribution in [0.2, 0.25) is 0 Å². The quantitative estimate of drug-likeness (QED) is 0.734. The smallest absolute Gasteiger partial charge is 0.108 e. The fourth-order valence-electron chi connectivity index (χ4n) is 4.11. The van der Waals surface area contributed by atoms with E-state index in [1.165, 1.54) is 52.6 Å². The molecule has 0 radical (unpaired) electrons. The molecule has 0 aliphatic carbocycles. The second kappa shape index (κ2) is 7.48. The molecular formula is C23H28N2S. The topological polar surface area (TPSA) is 24.4 Å². The molecule has 0 saturated carbocycles. The molecule has 0 bridgehead atoms. The van der Waals surface area contributed by atoms with Gasteiger partial charge in [-0.2, -0.15) is 11.8 Å². The second-order valence-corrected chi connectivity index (χ2v) is 9.14. The van der Waals surface area contributed by atoms with Crippen LogP contribution in [0.15, 0.2) is 53.5 Å². The normalized spacial score (nSPS) is 20.2. The Kier molecular flexibility index (Phi) is 5.08. The van der Waals surface area contributed by atoms with Gasteiger partial charge in [0.2, 0.25) is 0 Å². The predicted octanol–water partition coefficient (Wildman–Crippen LogP) is 5.89. The van der Waals surface area contributed by atoms with E-state index in [0.29, 0.717) is 5.92 Å². The lowest BCUT2D eigenvalue weighted by molar-refractivity contribution is 0.377. The zero-order chi connectivity index (χ0) is 18.0. The summed E-state index contributed by atoms with van der Waals surface area (Å²) in [5, 5.41) is 3.71. The average molecular weight is 365 g/mol. The molecule has 1 spiro atoms. The summed E-state index contributed by atoms with van der Waals surface area (Å²) in [4.78, 5) is 5.13. The third-order valence-electron chi connectivity index (χ3n) is 5.79. The number of thioether (sulfide) groups is 1. The SMILES string of the molecule is CC(C)c1cccc(CN=C2Nc3ccccc3CC23CCSCC3)c1. The van der Waals surface area contributed by atoms with Gasteiger partial charge in [-0.25, -0.2) is 0 Å². The number of benzene rings is 2. The molecule has 0 atom stereocenters. The Hall–Kier alpha value is -1.74. The van der Waals surface area contributed by atoms with Gasteiger partial charge in [0.05, 0.1) is 6.54 Å². The summed E-state index contributed by atoms with van der Waals surface area (Å²) in [5.41, 5.74) is 5.60. The third kappa shape index (κ3) is 3.55. The maximum Gasteiger partial charge on any atom is 0.108 e. The van der Waals surface area contributed by atoms with Gasteiger partial charge >= 0.3 is 0 Å². The number of hydrogen-bond donors (Lipinski definition) is 1. The van der Waals surface area contributed by atoms with Crippen molar-refractivity contribution in [3.05, 3.63) is 65.2 Å². The summed E-state index contributed by atoms with van der Waals surface area (Å²) >= 11 is 2.08. The number of nitrogens with zero attached hydrogens (tertiary/aromatic N) is 1. The first-order valence-electron chi connectivity index (χ1n) is 9.73. The van der Waals surface area contributed by atoms with E-state index in [-0.39, 0.29) is 5.41 Å². The fourth-order valence-corrected chi connectivity index (χ4v) is 5.38. The number of nitrogens with one attached hydrogen (secondary N) is 1. The van der Waals surface area contributed by atoms with Gasteiger partial charge in [0.25, 0.3) is 0 Å². The van der Waals surface area contributed by atoms with Crippen molar-refractivity contribution in [3.8, 4) is 0 Å². The molecule has 1 saturated heterocycles. The maximum atomic E-state index is 5.13. The van der Waals surface area contributed by atoms with Gasteiger partial charge in [0, 0.05) is 11.1 Å². The number of anilines is 1. The minimum absolute atomic E-state index is 0.204. The standard InChI is InChI=1S/C23H28N2S/c1-17(2)19-8-5-6-18(14-19)16-24-22-23(10-12-26-13-11-23)15-20-7-3-4-9-21(20)25-22/h3-9,14,17H,10-13,15-16H2,1-2H3,(H,24,25). The van der Waals surface area contributed by atoms with Crippen LogP contribution in [-0.2, 0) is 13.0 Å². The zero-order valence-electron chi connectivity index (χ0n) is 15.8. The van der Waals surface area contributed by atoms with Gasteiger partial charge in [-0.05, 0) is 59.4 Å². The highest BCUT2D eigenvalue weighted by molar-refractivity contribution is 7.99. The van der Waals surface area contributed by atoms with E-state index < -0.39 is 0 Å². The van der Waals surface area contributed by atoms with Gasteiger partial charge in [-0.1, -0.05) is 56.3 Å². The summed E-state index contributed by atoms with van der Waals surface area (Å²) < 4.78 is 0. The largest absolute Gasteiger partial charge is 0.343 e. The van der Waals surface area contributed by atoms with Crippen molar-refractivity contribution in [1.82, 2.24) is 0 Å². The minimum atomic E-state index is 0.204. The van der Waals surface area contributed by atoms with Crippen molar-refractivity contribution in [2.24, 2.45) is 10.4 Å². The average Bonchev–Trinajstić information content (AvgIpc) is 2.67. The van der Waals surface area contributed by atoms with E-state index in [0.717, 1.165) is 13.0 Å². The predicted molar refractivity (Wildman–Crippen MR) is 114 cm³/mol. The number of para-hydroxylation sites is 1. The highest BCUT2D eigenvalue weighted by Gasteiger charge is 2.41. The molecule has 0 unspecified atom stereocenters. The molecule has 4 rings (SSSR count). The van der Waals surface area contributed by atoms with Crippen molar-refractivity contribution in [1.29, 1.82) is 0 Å². The van der Waals surface area contributed by atoms with E-state index in [9.17, 15) is 0 Å². The maximum absolute atomic E-state index is 5.13. The van der Waals surface area contributed by atoms with Crippen LogP contribution in [0.4, 0.5) is 5.69 Å². The monoisotopic (exact) mass is 364 g/mol. The molecule has 2 aromatic carbocycles. The van der Waals surface area contributed by atoms with E-state index in [1.54, 1.807) is 0 Å². The Morgan fingerprint density at radius 3 is 2.69 bits per heavy atom. The molecule has 2 heterocycles. The van der Waals surface area contributed by atoms with Gasteiger partial charge in [-0.3, -0.25) is 4.99 Å². The lowest BCUT2D eigenvalue weighted by Crippen LogP contribution is -2.44. The lowest BCUT2D eigenvalue weighted by Gasteiger charge is -2.42. The number of rotatable bonds is 3. The Balaban J connectivity index is 1.64. The van der Waals surface area contributed by atoms with Crippen LogP contribution in [0.5, 0.6) is 0 Å². The van der Waals surface area contributed by atoms with Gasteiger partial charge in [0.1, 0.15) is 5.84 Å². The second-order valence-electron chi connectivity index (χ2n) is 7.92. The third-order valence-corrected chi connectivity index (χ3v) is 6.77. The van der Waals surface area contributed by atoms with Crippen LogP contribution in [0.1, 0.15) is 49.3 Å². The van der Waals surface area contributed by atoms with Crippen LogP contribution in [0.25, 0.3) is 0 Å². The highest BCUT2D eigenvalue weighted by Crippen LogP contribution is 2.44. The van der Waals surface area contributed by atoms with Gasteiger partial charge in [-0.15, -0.1) is 0 Å². The van der Waals surface area contributed by atoms with Crippen molar-refractivity contribution >= 4 is 23.3 Å². The van der Waals surface area contributed by atoms with E-state index in [4.69, 9.17) is 4.99 Å². The molecule has 2 aromatic rings. The minimum Gasteiger partial charge on any atom is -0.343 e. The molecule has 2 aliphatic heterocycles. The van der Waals surface area contributed by atoms with Gasteiger partial charge in [0.15, 0.2) is 0 Å². The Morgan fingerprint density at radius 1 is 1.08 bits per heavy atom. The van der Waals surface area contributed by atoms with Crippen molar-refractivity contribution in [3.63, 3.8) is 0 Å². The molecule has 2 aliphatic rings. The van der Waals surface area contributed by atoms with Crippen LogP contribution in [0.3, 0.4) is 0 Å². The first-order chi connectivity index (χ1) is 12.7. The number of aliphatic imine (C=N–C) groups is 1. The zero-order valence-corrected chi connectivity index (χ0v) is 16.6. The summed E-state index contributed by atoms with van der Waals surface area (Å²) in [6, 6.07) is 17.6. The first kappa shape index (κ1) is 17.7. The molecule has 136 valence electrons. The molecule has 26 heavy (non-hydrogen) atoms. The first-order valence-corrected chi connectivity index (χ1v) is 10.9. The summed E-state index contributed by atoms with van der Waals surface area (Å²) in [5.74, 6) is 4.26. The van der Waals surface area contributed by atoms with E-state index >= 15 is 0 Å². The molecule has 0 amide bonds. The molecule has 2 nitrogen and oxygen atoms in total. The van der Waals surface area contributed by atoms with E-state index in [1.807, 2.05) is 0 Å². The number of amidine groups is 1. The van der Waals surface area contributed by atoms with Crippen molar-refractivity contribution in [2.75, 3.05) is 16.8 Å². The fraction of sp³-hybridized carbons (Fsp3) is 0.435. The molecule has 3 heteroatoms. The molecule has 1 fully saturated rings. The van der Waals surface area contributed by atoms with Crippen LogP contribution in [-0.4, -0.2) is 17.3 Å². The number of fused-ring (bicyclic) bond motifs is 1. The van der Waals surface area contributed by atoms with Crippen molar-refractivity contribution in [2.45, 2.75) is 45.6 Å². The van der Waals surface area contributed by atoms with Crippen molar-refractivity contribution < 1.29 is 0 Å². The number of hydrogen-bond acceptors (Lipinski definition) is 2. The Labute approximate surface area is 161 Å². The summed E-state index contributed by atoms with van der Waals surface area (Å²) in [7, 11) is 0. The highest BCUT2D eigenvalue weighted by atomic mass is 32.2. The van der Waals surface area contributed by atoms with Gasteiger partial charge < -0.3 is 5.32 Å². The molecule has 1 N–H and O–H groups in total. The Morgan fingerprint density at radius 2 is 1.88 bits per heavy atom. The summed E-state index contributed by atoms with van der Waals surface area (Å²) in [6.07, 6.45) is 3.58.